The Kier molecular flexibility index (Phi) is 4.01. The Hall–Kier alpha value is -3.74. The van der Waals surface area contributed by atoms with Gasteiger partial charge in [0.2, 0.25) is 5.91 Å². The number of hydrogen-bond donors (Lipinski definition) is 2. The van der Waals surface area contributed by atoms with Crippen molar-refractivity contribution < 1.29 is 9.59 Å². The number of anilines is 2. The predicted molar refractivity (Wildman–Crippen MR) is 110 cm³/mol. The number of nitrogens with zero attached hydrogens (tertiary/aromatic N) is 3. The highest BCUT2D eigenvalue weighted by Gasteiger charge is 2.24. The van der Waals surface area contributed by atoms with Gasteiger partial charge >= 0.3 is 0 Å². The molecule has 0 unspecified atom stereocenters. The maximum atomic E-state index is 12.1. The topological polar surface area (TPSA) is 105 Å². The van der Waals surface area contributed by atoms with Gasteiger partial charge in [-0.15, -0.1) is 0 Å². The number of carbonyl (C=O) groups excluding carboxylic acids is 2. The van der Waals surface area contributed by atoms with E-state index in [-0.39, 0.29) is 11.7 Å². The molecule has 2 aliphatic rings. The second-order valence-electron chi connectivity index (χ2n) is 7.26. The third kappa shape index (κ3) is 2.91. The molecule has 2 aromatic heterocycles. The molecular formula is C22H19N5O2. The van der Waals surface area contributed by atoms with Crippen LogP contribution in [0.4, 0.5) is 11.5 Å². The number of aromatic nitrogens is 3. The van der Waals surface area contributed by atoms with E-state index >= 15 is 0 Å². The summed E-state index contributed by atoms with van der Waals surface area (Å²) in [5.41, 5.74) is 11.9. The quantitative estimate of drug-likeness (QED) is 0.720. The molecule has 3 N–H and O–H groups in total. The summed E-state index contributed by atoms with van der Waals surface area (Å²) < 4.78 is 0. The summed E-state index contributed by atoms with van der Waals surface area (Å²) in [5, 5.41) is 6.80. The van der Waals surface area contributed by atoms with Crippen LogP contribution in [0.15, 0.2) is 48.8 Å². The van der Waals surface area contributed by atoms with Crippen molar-refractivity contribution in [3.05, 3.63) is 65.6 Å². The maximum absolute atomic E-state index is 12.1. The zero-order valence-electron chi connectivity index (χ0n) is 15.7. The summed E-state index contributed by atoms with van der Waals surface area (Å²) in [6, 6.07) is 9.78. The minimum absolute atomic E-state index is 0.0249. The molecule has 1 saturated heterocycles. The van der Waals surface area contributed by atoms with E-state index in [1.165, 1.54) is 0 Å². The molecule has 1 aliphatic heterocycles. The monoisotopic (exact) mass is 385 g/mol. The summed E-state index contributed by atoms with van der Waals surface area (Å²) in [5.74, 6) is 0.617. The Balaban J connectivity index is 1.51. The van der Waals surface area contributed by atoms with Crippen LogP contribution in [-0.4, -0.2) is 33.4 Å². The van der Waals surface area contributed by atoms with Crippen LogP contribution in [0.3, 0.4) is 0 Å². The van der Waals surface area contributed by atoms with Gasteiger partial charge in [0.1, 0.15) is 11.5 Å². The van der Waals surface area contributed by atoms with Gasteiger partial charge in [-0.3, -0.25) is 14.7 Å². The van der Waals surface area contributed by atoms with Gasteiger partial charge in [-0.1, -0.05) is 18.2 Å². The van der Waals surface area contributed by atoms with Crippen LogP contribution in [0.5, 0.6) is 0 Å². The molecular weight excluding hydrogens is 366 g/mol. The van der Waals surface area contributed by atoms with Gasteiger partial charge < -0.3 is 10.6 Å². The minimum atomic E-state index is 0.0249. The van der Waals surface area contributed by atoms with E-state index < -0.39 is 0 Å². The zero-order valence-corrected chi connectivity index (χ0v) is 15.7. The third-order valence-corrected chi connectivity index (χ3v) is 5.49. The van der Waals surface area contributed by atoms with Crippen molar-refractivity contribution in [2.75, 3.05) is 17.2 Å². The lowest BCUT2D eigenvalue weighted by molar-refractivity contribution is -0.117. The number of nitrogens with one attached hydrogen (secondary N) is 1. The van der Waals surface area contributed by atoms with Gasteiger partial charge in [-0.05, 0) is 35.8 Å². The van der Waals surface area contributed by atoms with E-state index in [0.717, 1.165) is 46.5 Å². The Morgan fingerprint density at radius 2 is 1.86 bits per heavy atom. The summed E-state index contributed by atoms with van der Waals surface area (Å²) >= 11 is 0. The molecule has 0 atom stereocenters. The Morgan fingerprint density at radius 1 is 1.03 bits per heavy atom. The molecule has 0 radical (unpaired) electrons. The molecule has 3 heterocycles. The number of benzene rings is 1. The fourth-order valence-electron chi connectivity index (χ4n) is 3.98. The number of carbonyl (C=O) groups is 2. The van der Waals surface area contributed by atoms with Crippen molar-refractivity contribution in [3.63, 3.8) is 0 Å². The Labute approximate surface area is 167 Å². The molecule has 1 aromatic carbocycles. The van der Waals surface area contributed by atoms with Crippen LogP contribution in [0.2, 0.25) is 0 Å². The van der Waals surface area contributed by atoms with Crippen molar-refractivity contribution in [1.29, 1.82) is 0 Å². The standard InChI is InChI=1S/C22H19N5O2/c23-22-17(13-3-5-15(6-4-13)27-9-1-2-20(27)29)10-14(11-24-22)16-7-8-19(28)21-18(16)12-25-26-21/h3-7,10-12H,1-2,8-9H2,(H2,23,24)(H,25,26). The highest BCUT2D eigenvalue weighted by Crippen LogP contribution is 2.34. The van der Waals surface area contributed by atoms with E-state index in [1.54, 1.807) is 12.4 Å². The first-order valence-electron chi connectivity index (χ1n) is 9.55. The number of ketones is 1. The Bertz CT molecular complexity index is 1160. The van der Waals surface area contributed by atoms with Gasteiger partial charge in [0.25, 0.3) is 0 Å². The molecule has 1 fully saturated rings. The van der Waals surface area contributed by atoms with E-state index in [9.17, 15) is 9.59 Å². The molecule has 0 spiro atoms. The number of nitrogens with two attached hydrogens (primary N) is 1. The zero-order chi connectivity index (χ0) is 20.0. The Morgan fingerprint density at radius 3 is 2.62 bits per heavy atom. The average molecular weight is 385 g/mol. The van der Waals surface area contributed by atoms with Crippen molar-refractivity contribution >= 4 is 28.8 Å². The van der Waals surface area contributed by atoms with Crippen LogP contribution >= 0.6 is 0 Å². The molecule has 29 heavy (non-hydrogen) atoms. The molecule has 7 nitrogen and oxygen atoms in total. The van der Waals surface area contributed by atoms with Crippen molar-refractivity contribution in [2.45, 2.75) is 19.3 Å². The normalized spacial score (nSPS) is 16.1. The molecule has 0 bridgehead atoms. The maximum Gasteiger partial charge on any atom is 0.227 e. The lowest BCUT2D eigenvalue weighted by atomic mass is 9.90. The number of rotatable bonds is 3. The number of fused-ring (bicyclic) bond motifs is 1. The largest absolute Gasteiger partial charge is 0.383 e. The number of allylic oxidation sites excluding steroid dienone is 1. The lowest BCUT2D eigenvalue weighted by Gasteiger charge is -2.17. The van der Waals surface area contributed by atoms with E-state index in [4.69, 9.17) is 5.73 Å². The second kappa shape index (κ2) is 6.70. The number of pyridine rings is 1. The molecule has 7 heteroatoms. The second-order valence-corrected chi connectivity index (χ2v) is 7.26. The first-order valence-corrected chi connectivity index (χ1v) is 9.55. The highest BCUT2D eigenvalue weighted by molar-refractivity contribution is 6.05. The van der Waals surface area contributed by atoms with Crippen LogP contribution in [0.1, 0.15) is 40.9 Å². The first kappa shape index (κ1) is 17.4. The fourth-order valence-corrected chi connectivity index (χ4v) is 3.98. The van der Waals surface area contributed by atoms with Crippen LogP contribution < -0.4 is 10.6 Å². The van der Waals surface area contributed by atoms with Crippen molar-refractivity contribution in [1.82, 2.24) is 15.2 Å². The number of hydrogen-bond acceptors (Lipinski definition) is 5. The number of H-pyrrole nitrogens is 1. The van der Waals surface area contributed by atoms with E-state index in [2.05, 4.69) is 15.2 Å². The smallest absolute Gasteiger partial charge is 0.227 e. The lowest BCUT2D eigenvalue weighted by Crippen LogP contribution is -2.23. The van der Waals surface area contributed by atoms with E-state index in [0.29, 0.717) is 24.4 Å². The van der Waals surface area contributed by atoms with Crippen LogP contribution in [-0.2, 0) is 4.79 Å². The molecule has 144 valence electrons. The van der Waals surface area contributed by atoms with Crippen molar-refractivity contribution in [3.8, 4) is 11.1 Å². The van der Waals surface area contributed by atoms with Gasteiger partial charge in [0, 0.05) is 48.0 Å². The molecule has 1 amide bonds. The van der Waals surface area contributed by atoms with Gasteiger partial charge in [0.05, 0.1) is 6.20 Å². The first-order chi connectivity index (χ1) is 14.1. The van der Waals surface area contributed by atoms with Crippen molar-refractivity contribution in [2.24, 2.45) is 0 Å². The molecule has 1 aliphatic carbocycles. The summed E-state index contributed by atoms with van der Waals surface area (Å²) in [6.45, 7) is 0.761. The predicted octanol–water partition coefficient (Wildman–Crippen LogP) is 3.20. The summed E-state index contributed by atoms with van der Waals surface area (Å²) in [4.78, 5) is 30.2. The molecule has 3 aromatic rings. The number of amides is 1. The average Bonchev–Trinajstić information content (AvgIpc) is 3.39. The molecule has 0 saturated carbocycles. The number of aromatic amines is 1. The SMILES string of the molecule is Nc1ncc(C2=CCC(=O)c3[nH]ncc32)cc1-c1ccc(N2CCCC2=O)cc1. The summed E-state index contributed by atoms with van der Waals surface area (Å²) in [7, 11) is 0. The van der Waals surface area contributed by atoms with Crippen LogP contribution in [0, 0.1) is 0 Å². The summed E-state index contributed by atoms with van der Waals surface area (Å²) in [6.07, 6.45) is 7.11. The highest BCUT2D eigenvalue weighted by atomic mass is 16.2. The minimum Gasteiger partial charge on any atom is -0.383 e. The third-order valence-electron chi connectivity index (χ3n) is 5.49. The van der Waals surface area contributed by atoms with Gasteiger partial charge in [-0.2, -0.15) is 5.10 Å². The molecule has 5 rings (SSSR count). The fraction of sp³-hybridized carbons (Fsp3) is 0.182. The van der Waals surface area contributed by atoms with Gasteiger partial charge in [0.15, 0.2) is 5.78 Å². The van der Waals surface area contributed by atoms with E-state index in [1.807, 2.05) is 41.3 Å². The van der Waals surface area contributed by atoms with Crippen LogP contribution in [0.25, 0.3) is 16.7 Å². The van der Waals surface area contributed by atoms with Gasteiger partial charge in [-0.25, -0.2) is 4.98 Å². The number of nitrogen functional groups attached to an aromatic ring is 1. The number of Topliss-reactive ketones (excluding diaryl/α,β-unsaturated/α-hetero) is 1.